The third kappa shape index (κ3) is 3.66. The molecular formula is C16H17NO4. The minimum absolute atomic E-state index is 0.0561. The fraction of sp³-hybridized carbons (Fsp3) is 0.188. The number of nitrogens with two attached hydrogens (primary N) is 1. The predicted molar refractivity (Wildman–Crippen MR) is 80.2 cm³/mol. The molecule has 0 aromatic heterocycles. The van der Waals surface area contributed by atoms with Gasteiger partial charge in [-0.05, 0) is 42.5 Å². The van der Waals surface area contributed by atoms with E-state index in [2.05, 4.69) is 0 Å². The Kier molecular flexibility index (Phi) is 4.66. The summed E-state index contributed by atoms with van der Waals surface area (Å²) < 4.78 is 15.7. The summed E-state index contributed by atoms with van der Waals surface area (Å²) in [5, 5.41) is 0. The van der Waals surface area contributed by atoms with Crippen LogP contribution in [0.3, 0.4) is 0 Å². The summed E-state index contributed by atoms with van der Waals surface area (Å²) in [5.74, 6) is 1.54. The molecule has 2 N–H and O–H groups in total. The number of carbonyl (C=O) groups is 1. The zero-order chi connectivity index (χ0) is 15.2. The molecule has 21 heavy (non-hydrogen) atoms. The molecular weight excluding hydrogens is 270 g/mol. The number of benzene rings is 2. The van der Waals surface area contributed by atoms with Crippen molar-refractivity contribution in [3.63, 3.8) is 0 Å². The first kappa shape index (κ1) is 14.7. The Hall–Kier alpha value is -2.69. The van der Waals surface area contributed by atoms with E-state index in [0.29, 0.717) is 28.5 Å². The average Bonchev–Trinajstić information content (AvgIpc) is 2.53. The van der Waals surface area contributed by atoms with E-state index in [1.54, 1.807) is 49.6 Å². The van der Waals surface area contributed by atoms with Gasteiger partial charge in [0.25, 0.3) is 0 Å². The molecule has 0 atom stereocenters. The van der Waals surface area contributed by atoms with E-state index in [0.717, 1.165) is 0 Å². The number of Topliss-reactive ketones (excluding diaryl/α,β-unsaturated/α-hetero) is 1. The van der Waals surface area contributed by atoms with Gasteiger partial charge < -0.3 is 19.9 Å². The van der Waals surface area contributed by atoms with Gasteiger partial charge in [-0.2, -0.15) is 0 Å². The third-order valence-corrected chi connectivity index (χ3v) is 2.96. The summed E-state index contributed by atoms with van der Waals surface area (Å²) in [6.45, 7) is -0.0561. The smallest absolute Gasteiger partial charge is 0.200 e. The van der Waals surface area contributed by atoms with Gasteiger partial charge in [-0.15, -0.1) is 0 Å². The number of methoxy groups -OCH3 is 2. The van der Waals surface area contributed by atoms with Crippen LogP contribution in [0.4, 0.5) is 5.69 Å². The number of nitrogen functional groups attached to an aromatic ring is 1. The van der Waals surface area contributed by atoms with Crippen molar-refractivity contribution in [1.82, 2.24) is 0 Å². The summed E-state index contributed by atoms with van der Waals surface area (Å²) in [6.07, 6.45) is 0. The summed E-state index contributed by atoms with van der Waals surface area (Å²) in [5.41, 5.74) is 6.73. The molecule has 0 aliphatic heterocycles. The monoisotopic (exact) mass is 287 g/mol. The van der Waals surface area contributed by atoms with E-state index in [1.165, 1.54) is 7.11 Å². The Balaban J connectivity index is 2.04. The number of carbonyl (C=O) groups excluding carboxylic acids is 1. The zero-order valence-electron chi connectivity index (χ0n) is 12.0. The molecule has 2 rings (SSSR count). The van der Waals surface area contributed by atoms with Crippen molar-refractivity contribution in [2.45, 2.75) is 0 Å². The van der Waals surface area contributed by atoms with Gasteiger partial charge >= 0.3 is 0 Å². The number of ether oxygens (including phenoxy) is 3. The largest absolute Gasteiger partial charge is 0.493 e. The minimum Gasteiger partial charge on any atom is -0.493 e. The van der Waals surface area contributed by atoms with Crippen molar-refractivity contribution in [2.24, 2.45) is 0 Å². The van der Waals surface area contributed by atoms with Crippen LogP contribution in [-0.2, 0) is 0 Å². The van der Waals surface area contributed by atoms with Gasteiger partial charge in [0.05, 0.1) is 14.2 Å². The molecule has 0 unspecified atom stereocenters. The Bertz CT molecular complexity index is 623. The van der Waals surface area contributed by atoms with E-state index in [9.17, 15) is 4.79 Å². The Morgan fingerprint density at radius 2 is 1.67 bits per heavy atom. The Labute approximate surface area is 123 Å². The number of anilines is 1. The SMILES string of the molecule is COc1ccc(C(=O)COc2ccc(N)cc2)cc1OC. The van der Waals surface area contributed by atoms with Crippen LogP contribution in [0.25, 0.3) is 0 Å². The van der Waals surface area contributed by atoms with E-state index < -0.39 is 0 Å². The molecule has 2 aromatic carbocycles. The standard InChI is InChI=1S/C16H17NO4/c1-19-15-8-3-11(9-16(15)20-2)14(18)10-21-13-6-4-12(17)5-7-13/h3-9H,10,17H2,1-2H3. The van der Waals surface area contributed by atoms with Crippen molar-refractivity contribution < 1.29 is 19.0 Å². The molecule has 0 saturated carbocycles. The first-order chi connectivity index (χ1) is 10.1. The van der Waals surface area contributed by atoms with Crippen LogP contribution in [0.1, 0.15) is 10.4 Å². The molecule has 0 aliphatic rings. The van der Waals surface area contributed by atoms with E-state index in [1.807, 2.05) is 0 Å². The maximum Gasteiger partial charge on any atom is 0.200 e. The van der Waals surface area contributed by atoms with E-state index in [-0.39, 0.29) is 12.4 Å². The molecule has 0 saturated heterocycles. The quantitative estimate of drug-likeness (QED) is 0.653. The molecule has 5 heteroatoms. The van der Waals surface area contributed by atoms with Gasteiger partial charge in [0.15, 0.2) is 23.9 Å². The topological polar surface area (TPSA) is 70.8 Å². The van der Waals surface area contributed by atoms with Crippen LogP contribution in [0.15, 0.2) is 42.5 Å². The van der Waals surface area contributed by atoms with Crippen molar-refractivity contribution >= 4 is 11.5 Å². The number of hydrogen-bond donors (Lipinski definition) is 1. The average molecular weight is 287 g/mol. The van der Waals surface area contributed by atoms with Gasteiger partial charge in [-0.3, -0.25) is 4.79 Å². The highest BCUT2D eigenvalue weighted by Crippen LogP contribution is 2.27. The molecule has 0 spiro atoms. The third-order valence-electron chi connectivity index (χ3n) is 2.96. The fourth-order valence-electron chi connectivity index (χ4n) is 1.81. The molecule has 110 valence electrons. The normalized spacial score (nSPS) is 10.0. The van der Waals surface area contributed by atoms with Crippen LogP contribution in [0.2, 0.25) is 0 Å². The van der Waals surface area contributed by atoms with Crippen LogP contribution in [0.5, 0.6) is 17.2 Å². The van der Waals surface area contributed by atoms with Gasteiger partial charge in [-0.25, -0.2) is 0 Å². The number of rotatable bonds is 6. The summed E-state index contributed by atoms with van der Waals surface area (Å²) in [4.78, 5) is 12.1. The highest BCUT2D eigenvalue weighted by Gasteiger charge is 2.11. The summed E-state index contributed by atoms with van der Waals surface area (Å²) in [6, 6.07) is 11.9. The Morgan fingerprint density at radius 3 is 2.29 bits per heavy atom. The van der Waals surface area contributed by atoms with Crippen molar-refractivity contribution in [3.8, 4) is 17.2 Å². The number of ketones is 1. The Morgan fingerprint density at radius 1 is 1.00 bits per heavy atom. The minimum atomic E-state index is -0.146. The summed E-state index contributed by atoms with van der Waals surface area (Å²) in [7, 11) is 3.07. The van der Waals surface area contributed by atoms with Crippen molar-refractivity contribution in [2.75, 3.05) is 26.6 Å². The predicted octanol–water partition coefficient (Wildman–Crippen LogP) is 2.55. The first-order valence-electron chi connectivity index (χ1n) is 6.37. The lowest BCUT2D eigenvalue weighted by Crippen LogP contribution is -2.11. The van der Waals surface area contributed by atoms with Crippen LogP contribution in [0, 0.1) is 0 Å². The van der Waals surface area contributed by atoms with Gasteiger partial charge in [0.1, 0.15) is 5.75 Å². The molecule has 0 aliphatic carbocycles. The van der Waals surface area contributed by atoms with Crippen LogP contribution >= 0.6 is 0 Å². The van der Waals surface area contributed by atoms with Crippen LogP contribution < -0.4 is 19.9 Å². The molecule has 5 nitrogen and oxygen atoms in total. The molecule has 0 heterocycles. The summed E-state index contributed by atoms with van der Waals surface area (Å²) >= 11 is 0. The van der Waals surface area contributed by atoms with Crippen molar-refractivity contribution in [1.29, 1.82) is 0 Å². The van der Waals surface area contributed by atoms with Gasteiger partial charge in [0, 0.05) is 11.3 Å². The second-order valence-electron chi connectivity index (χ2n) is 4.35. The van der Waals surface area contributed by atoms with Gasteiger partial charge in [-0.1, -0.05) is 0 Å². The lowest BCUT2D eigenvalue weighted by Gasteiger charge is -2.10. The van der Waals surface area contributed by atoms with Gasteiger partial charge in [0.2, 0.25) is 0 Å². The second-order valence-corrected chi connectivity index (χ2v) is 4.35. The van der Waals surface area contributed by atoms with Crippen LogP contribution in [-0.4, -0.2) is 26.6 Å². The first-order valence-corrected chi connectivity index (χ1v) is 6.37. The highest BCUT2D eigenvalue weighted by molar-refractivity contribution is 5.97. The van der Waals surface area contributed by atoms with E-state index in [4.69, 9.17) is 19.9 Å². The van der Waals surface area contributed by atoms with E-state index >= 15 is 0 Å². The molecule has 0 amide bonds. The zero-order valence-corrected chi connectivity index (χ0v) is 12.0. The second kappa shape index (κ2) is 6.65. The molecule has 0 radical (unpaired) electrons. The lowest BCUT2D eigenvalue weighted by atomic mass is 10.1. The maximum atomic E-state index is 12.1. The van der Waals surface area contributed by atoms with Crippen molar-refractivity contribution in [3.05, 3.63) is 48.0 Å². The molecule has 0 fully saturated rings. The highest BCUT2D eigenvalue weighted by atomic mass is 16.5. The molecule has 2 aromatic rings. The molecule has 0 bridgehead atoms. The maximum absolute atomic E-state index is 12.1. The lowest BCUT2D eigenvalue weighted by molar-refractivity contribution is 0.0921. The number of hydrogen-bond acceptors (Lipinski definition) is 5. The fourth-order valence-corrected chi connectivity index (χ4v) is 1.81.